The fourth-order valence-corrected chi connectivity index (χ4v) is 6.36. The molecule has 1 aliphatic heterocycles. The highest BCUT2D eigenvalue weighted by atomic mass is 35.5. The maximum Gasteiger partial charge on any atom is 0.271 e. The first-order chi connectivity index (χ1) is 16.4. The second kappa shape index (κ2) is 9.03. The number of hydrogen-bond acceptors (Lipinski definition) is 4. The van der Waals surface area contributed by atoms with Crippen molar-refractivity contribution in [2.24, 2.45) is 17.8 Å². The fraction of sp³-hybridized carbons (Fsp3) is 0.520. The molecule has 34 heavy (non-hydrogen) atoms. The number of likely N-dealkylation sites (tertiary alicyclic amines) is 1. The van der Waals surface area contributed by atoms with Crippen LogP contribution in [0.4, 0.5) is 4.39 Å². The summed E-state index contributed by atoms with van der Waals surface area (Å²) in [5.41, 5.74) is 0.660. The van der Waals surface area contributed by atoms with Crippen molar-refractivity contribution in [3.8, 4) is 6.07 Å². The summed E-state index contributed by atoms with van der Waals surface area (Å²) in [6.45, 7) is 0.456. The van der Waals surface area contributed by atoms with Crippen LogP contribution in [-0.2, 0) is 9.59 Å². The van der Waals surface area contributed by atoms with E-state index in [0.29, 0.717) is 30.3 Å². The summed E-state index contributed by atoms with van der Waals surface area (Å²) in [5, 5.41) is 13.2. The normalized spacial score (nSPS) is 27.1. The summed E-state index contributed by atoms with van der Waals surface area (Å²) in [4.78, 5) is 43.5. The standard InChI is InChI=1S/C25H26ClFN4O3/c26-19-8-15(27)9-20-18(19)10-21(30-20)25(34)31-12-14-4-1-5-17(14)23(31)24(33)29-16(11-28)7-13-3-2-6-22(13)32/h8-10,13-14,16-17,23,30H,1-7,12H2,(H,29,33). The molecular formula is C25H26ClFN4O3. The van der Waals surface area contributed by atoms with Gasteiger partial charge in [0.05, 0.1) is 16.6 Å². The highest BCUT2D eigenvalue weighted by Gasteiger charge is 2.50. The van der Waals surface area contributed by atoms with Crippen molar-refractivity contribution in [3.05, 3.63) is 34.7 Å². The third-order valence-corrected chi connectivity index (χ3v) is 8.04. The summed E-state index contributed by atoms with van der Waals surface area (Å²) < 4.78 is 13.8. The molecule has 0 spiro atoms. The predicted octanol–water partition coefficient (Wildman–Crippen LogP) is 3.97. The lowest BCUT2D eigenvalue weighted by Gasteiger charge is -2.28. The van der Waals surface area contributed by atoms with E-state index in [-0.39, 0.29) is 46.1 Å². The number of nitriles is 1. The molecule has 2 N–H and O–H groups in total. The molecule has 3 aliphatic rings. The van der Waals surface area contributed by atoms with E-state index in [1.165, 1.54) is 12.1 Å². The molecule has 1 saturated heterocycles. The summed E-state index contributed by atoms with van der Waals surface area (Å²) in [6, 6.07) is 4.73. The molecule has 1 aromatic carbocycles. The summed E-state index contributed by atoms with van der Waals surface area (Å²) in [6.07, 6.45) is 5.19. The van der Waals surface area contributed by atoms with Crippen LogP contribution in [0.15, 0.2) is 18.2 Å². The van der Waals surface area contributed by atoms with Gasteiger partial charge in [-0.1, -0.05) is 18.0 Å². The minimum absolute atomic E-state index is 0.0295. The Bertz CT molecular complexity index is 1200. The number of carbonyl (C=O) groups excluding carboxylic acids is 3. The zero-order valence-corrected chi connectivity index (χ0v) is 19.4. The van der Waals surface area contributed by atoms with Gasteiger partial charge in [-0.3, -0.25) is 14.4 Å². The molecule has 5 unspecified atom stereocenters. The molecule has 2 amide bonds. The zero-order valence-electron chi connectivity index (χ0n) is 18.7. The van der Waals surface area contributed by atoms with Crippen molar-refractivity contribution < 1.29 is 18.8 Å². The number of benzene rings is 1. The van der Waals surface area contributed by atoms with E-state index in [2.05, 4.69) is 16.4 Å². The Hall–Kier alpha value is -2.92. The van der Waals surface area contributed by atoms with Crippen molar-refractivity contribution in [2.45, 2.75) is 57.0 Å². The number of Topliss-reactive ketones (excluding diaryl/α,β-unsaturated/α-hetero) is 1. The Balaban J connectivity index is 1.38. The van der Waals surface area contributed by atoms with Gasteiger partial charge in [0.1, 0.15) is 29.4 Å². The maximum absolute atomic E-state index is 13.8. The monoisotopic (exact) mass is 484 g/mol. The minimum Gasteiger partial charge on any atom is -0.350 e. The van der Waals surface area contributed by atoms with Crippen molar-refractivity contribution in [1.29, 1.82) is 5.26 Å². The number of carbonyl (C=O) groups is 3. The summed E-state index contributed by atoms with van der Waals surface area (Å²) in [7, 11) is 0. The van der Waals surface area contributed by atoms with Gasteiger partial charge in [-0.15, -0.1) is 0 Å². The molecule has 178 valence electrons. The molecule has 0 bridgehead atoms. The van der Waals surface area contributed by atoms with Crippen molar-refractivity contribution in [1.82, 2.24) is 15.2 Å². The van der Waals surface area contributed by atoms with Gasteiger partial charge in [0.25, 0.3) is 5.91 Å². The number of fused-ring (bicyclic) bond motifs is 2. The molecule has 7 nitrogen and oxygen atoms in total. The Morgan fingerprint density at radius 1 is 1.26 bits per heavy atom. The van der Waals surface area contributed by atoms with Crippen LogP contribution in [-0.4, -0.2) is 46.1 Å². The van der Waals surface area contributed by atoms with Crippen LogP contribution in [0.3, 0.4) is 0 Å². The molecular weight excluding hydrogens is 459 g/mol. The first-order valence-corrected chi connectivity index (χ1v) is 12.2. The van der Waals surface area contributed by atoms with E-state index in [9.17, 15) is 24.0 Å². The largest absolute Gasteiger partial charge is 0.350 e. The van der Waals surface area contributed by atoms with Gasteiger partial charge in [-0.2, -0.15) is 5.26 Å². The molecule has 0 radical (unpaired) electrons. The third-order valence-electron chi connectivity index (χ3n) is 7.73. The van der Waals surface area contributed by atoms with Crippen molar-refractivity contribution >= 4 is 40.1 Å². The number of nitrogens with one attached hydrogen (secondary N) is 2. The molecule has 9 heteroatoms. The van der Waals surface area contributed by atoms with Crippen LogP contribution in [0.25, 0.3) is 10.9 Å². The summed E-state index contributed by atoms with van der Waals surface area (Å²) >= 11 is 6.15. The van der Waals surface area contributed by atoms with Gasteiger partial charge >= 0.3 is 0 Å². The number of ketones is 1. The predicted molar refractivity (Wildman–Crippen MR) is 123 cm³/mol. The molecule has 3 fully saturated rings. The van der Waals surface area contributed by atoms with Gasteiger partial charge in [0, 0.05) is 24.3 Å². The first-order valence-electron chi connectivity index (χ1n) is 11.9. The number of hydrogen-bond donors (Lipinski definition) is 2. The molecule has 1 aromatic heterocycles. The maximum atomic E-state index is 13.8. The van der Waals surface area contributed by atoms with Gasteiger partial charge < -0.3 is 15.2 Å². The number of H-pyrrole nitrogens is 1. The van der Waals surface area contributed by atoms with Crippen LogP contribution in [0.1, 0.15) is 55.4 Å². The average Bonchev–Trinajstić information content (AvgIpc) is 3.56. The number of aromatic nitrogens is 1. The highest BCUT2D eigenvalue weighted by molar-refractivity contribution is 6.35. The van der Waals surface area contributed by atoms with Crippen LogP contribution >= 0.6 is 11.6 Å². The Morgan fingerprint density at radius 2 is 2.09 bits per heavy atom. The van der Waals surface area contributed by atoms with E-state index in [1.807, 2.05) is 0 Å². The number of halogens is 2. The number of aromatic amines is 1. The fourth-order valence-electron chi connectivity index (χ4n) is 6.10. The van der Waals surface area contributed by atoms with E-state index in [0.717, 1.165) is 32.1 Å². The number of rotatable bonds is 5. The van der Waals surface area contributed by atoms with E-state index in [1.54, 1.807) is 11.0 Å². The van der Waals surface area contributed by atoms with Crippen LogP contribution in [0.5, 0.6) is 0 Å². The highest BCUT2D eigenvalue weighted by Crippen LogP contribution is 2.43. The van der Waals surface area contributed by atoms with Crippen molar-refractivity contribution in [2.75, 3.05) is 6.54 Å². The quantitative estimate of drug-likeness (QED) is 0.669. The Labute approximate surface area is 201 Å². The molecule has 2 heterocycles. The first kappa shape index (κ1) is 22.9. The zero-order chi connectivity index (χ0) is 24.0. The van der Waals surface area contributed by atoms with E-state index < -0.39 is 17.9 Å². The number of nitrogens with zero attached hydrogens (tertiary/aromatic N) is 2. The van der Waals surface area contributed by atoms with E-state index in [4.69, 9.17) is 11.6 Å². The molecule has 5 rings (SSSR count). The average molecular weight is 485 g/mol. The molecule has 2 aromatic rings. The topological polar surface area (TPSA) is 106 Å². The van der Waals surface area contributed by atoms with Crippen LogP contribution in [0, 0.1) is 34.9 Å². The minimum atomic E-state index is -0.771. The molecule has 2 saturated carbocycles. The number of amides is 2. The van der Waals surface area contributed by atoms with Crippen LogP contribution < -0.4 is 5.32 Å². The van der Waals surface area contributed by atoms with Gasteiger partial charge in [-0.05, 0) is 62.1 Å². The van der Waals surface area contributed by atoms with Gasteiger partial charge in [0.2, 0.25) is 5.91 Å². The third kappa shape index (κ3) is 4.07. The lowest BCUT2D eigenvalue weighted by atomic mass is 9.92. The van der Waals surface area contributed by atoms with Crippen LogP contribution in [0.2, 0.25) is 5.02 Å². The second-order valence-corrected chi connectivity index (χ2v) is 10.2. The second-order valence-electron chi connectivity index (χ2n) is 9.77. The molecule has 2 aliphatic carbocycles. The smallest absolute Gasteiger partial charge is 0.271 e. The molecule has 5 atom stereocenters. The Kier molecular flexibility index (Phi) is 6.07. The Morgan fingerprint density at radius 3 is 2.82 bits per heavy atom. The van der Waals surface area contributed by atoms with Gasteiger partial charge in [-0.25, -0.2) is 4.39 Å². The lowest BCUT2D eigenvalue weighted by Crippen LogP contribution is -2.51. The summed E-state index contributed by atoms with van der Waals surface area (Å²) in [5.74, 6) is -0.987. The van der Waals surface area contributed by atoms with Gasteiger partial charge in [0.15, 0.2) is 0 Å². The van der Waals surface area contributed by atoms with Crippen molar-refractivity contribution in [3.63, 3.8) is 0 Å². The SMILES string of the molecule is N#CC(CC1CCCC1=O)NC(=O)C1C2CCCC2CN1C(=O)c1cc2c(Cl)cc(F)cc2[nH]1. The van der Waals surface area contributed by atoms with E-state index >= 15 is 0 Å². The lowest BCUT2D eigenvalue weighted by molar-refractivity contribution is -0.127.